The summed E-state index contributed by atoms with van der Waals surface area (Å²) in [5.41, 5.74) is -1.37. The van der Waals surface area contributed by atoms with Gasteiger partial charge in [-0.2, -0.15) is 5.26 Å². The van der Waals surface area contributed by atoms with Crippen LogP contribution in [0.3, 0.4) is 0 Å². The molecule has 20 heavy (non-hydrogen) atoms. The maximum absolute atomic E-state index is 12.3. The Morgan fingerprint density at radius 2 is 1.90 bits per heavy atom. The van der Waals surface area contributed by atoms with Crippen LogP contribution in [0.25, 0.3) is 0 Å². The zero-order chi connectivity index (χ0) is 14.8. The molecule has 4 nitrogen and oxygen atoms in total. The van der Waals surface area contributed by atoms with Crippen LogP contribution in [0.15, 0.2) is 30.3 Å². The van der Waals surface area contributed by atoms with Crippen LogP contribution in [0.5, 0.6) is 0 Å². The number of ketones is 1. The van der Waals surface area contributed by atoms with E-state index < -0.39 is 16.8 Å². The zero-order valence-corrected chi connectivity index (χ0v) is 11.7. The van der Waals surface area contributed by atoms with Crippen LogP contribution < -0.4 is 0 Å². The lowest BCUT2D eigenvalue weighted by Gasteiger charge is -2.23. The molecule has 0 N–H and O–H groups in total. The van der Waals surface area contributed by atoms with Crippen LogP contribution in [0.4, 0.5) is 0 Å². The summed E-state index contributed by atoms with van der Waals surface area (Å²) in [6.07, 6.45) is 1.08. The second-order valence-electron chi connectivity index (χ2n) is 5.71. The molecule has 0 radical (unpaired) electrons. The first kappa shape index (κ1) is 14.3. The average molecular weight is 271 g/mol. The van der Waals surface area contributed by atoms with Gasteiger partial charge in [0.25, 0.3) is 0 Å². The van der Waals surface area contributed by atoms with Gasteiger partial charge in [0.2, 0.25) is 0 Å². The Morgan fingerprint density at radius 3 is 2.40 bits per heavy atom. The van der Waals surface area contributed by atoms with Crippen LogP contribution in [-0.4, -0.2) is 11.8 Å². The molecule has 1 saturated carbocycles. The molecule has 0 heterocycles. The quantitative estimate of drug-likeness (QED) is 0.610. The van der Waals surface area contributed by atoms with E-state index in [1.807, 2.05) is 36.4 Å². The molecular weight excluding hydrogens is 254 g/mol. The monoisotopic (exact) mass is 271 g/mol. The molecule has 1 aliphatic carbocycles. The predicted molar refractivity (Wildman–Crippen MR) is 72.3 cm³/mol. The van der Waals surface area contributed by atoms with Crippen molar-refractivity contribution in [3.63, 3.8) is 0 Å². The Kier molecular flexibility index (Phi) is 3.63. The summed E-state index contributed by atoms with van der Waals surface area (Å²) < 4.78 is 5.21. The summed E-state index contributed by atoms with van der Waals surface area (Å²) in [5, 5.41) is 9.06. The Morgan fingerprint density at radius 1 is 1.30 bits per heavy atom. The number of nitriles is 1. The number of carbonyl (C=O) groups is 2. The molecule has 0 aromatic heterocycles. The third kappa shape index (κ3) is 2.57. The normalized spacial score (nSPS) is 16.1. The maximum atomic E-state index is 12.3. The van der Waals surface area contributed by atoms with Crippen molar-refractivity contribution < 1.29 is 14.3 Å². The van der Waals surface area contributed by atoms with Crippen molar-refractivity contribution in [3.8, 4) is 6.07 Å². The molecule has 0 saturated heterocycles. The maximum Gasteiger partial charge on any atom is 0.319 e. The molecule has 1 fully saturated rings. The van der Waals surface area contributed by atoms with E-state index in [1.54, 1.807) is 0 Å². The predicted octanol–water partition coefficient (Wildman–Crippen LogP) is 2.63. The molecule has 4 heteroatoms. The van der Waals surface area contributed by atoms with E-state index in [9.17, 15) is 9.59 Å². The lowest BCUT2D eigenvalue weighted by atomic mass is 9.80. The summed E-state index contributed by atoms with van der Waals surface area (Å²) >= 11 is 0. The van der Waals surface area contributed by atoms with Gasteiger partial charge in [-0.3, -0.25) is 9.59 Å². The molecule has 104 valence electrons. The Hall–Kier alpha value is -2.15. The third-order valence-electron chi connectivity index (χ3n) is 3.69. The van der Waals surface area contributed by atoms with E-state index in [0.29, 0.717) is 12.8 Å². The van der Waals surface area contributed by atoms with Crippen molar-refractivity contribution in [2.24, 2.45) is 10.8 Å². The summed E-state index contributed by atoms with van der Waals surface area (Å²) in [4.78, 5) is 24.4. The molecule has 0 aliphatic heterocycles. The number of rotatable bonds is 5. The summed E-state index contributed by atoms with van der Waals surface area (Å²) in [5.74, 6) is -0.904. The van der Waals surface area contributed by atoms with Crippen molar-refractivity contribution in [2.75, 3.05) is 0 Å². The topological polar surface area (TPSA) is 67.2 Å². The van der Waals surface area contributed by atoms with Gasteiger partial charge in [-0.15, -0.1) is 0 Å². The molecule has 0 bridgehead atoms. The van der Waals surface area contributed by atoms with Crippen LogP contribution in [-0.2, 0) is 20.9 Å². The lowest BCUT2D eigenvalue weighted by molar-refractivity contribution is -0.160. The van der Waals surface area contributed by atoms with Gasteiger partial charge >= 0.3 is 5.97 Å². The minimum Gasteiger partial charge on any atom is -0.460 e. The summed E-state index contributed by atoms with van der Waals surface area (Å²) in [6, 6.07) is 11.3. The first-order chi connectivity index (χ1) is 9.42. The van der Waals surface area contributed by atoms with E-state index in [1.165, 1.54) is 13.8 Å². The van der Waals surface area contributed by atoms with E-state index >= 15 is 0 Å². The van der Waals surface area contributed by atoms with Crippen LogP contribution in [0, 0.1) is 22.2 Å². The van der Waals surface area contributed by atoms with Crippen molar-refractivity contribution in [2.45, 2.75) is 33.3 Å². The van der Waals surface area contributed by atoms with Crippen LogP contribution >= 0.6 is 0 Å². The van der Waals surface area contributed by atoms with Gasteiger partial charge in [0.05, 0.1) is 6.07 Å². The highest BCUT2D eigenvalue weighted by Crippen LogP contribution is 2.50. The molecule has 0 spiro atoms. The molecule has 0 amide bonds. The van der Waals surface area contributed by atoms with E-state index in [0.717, 1.165) is 5.56 Å². The highest BCUT2D eigenvalue weighted by Gasteiger charge is 2.57. The highest BCUT2D eigenvalue weighted by atomic mass is 16.5. The molecule has 0 atom stereocenters. The zero-order valence-electron chi connectivity index (χ0n) is 11.7. The molecule has 2 rings (SSSR count). The lowest BCUT2D eigenvalue weighted by Crippen LogP contribution is -2.39. The van der Waals surface area contributed by atoms with Gasteiger partial charge < -0.3 is 4.74 Å². The number of benzene rings is 1. The van der Waals surface area contributed by atoms with Gasteiger partial charge in [-0.05, 0) is 32.3 Å². The van der Waals surface area contributed by atoms with Crippen molar-refractivity contribution >= 4 is 11.8 Å². The number of nitrogens with zero attached hydrogens (tertiary/aromatic N) is 1. The van der Waals surface area contributed by atoms with Crippen LogP contribution in [0.2, 0.25) is 0 Å². The van der Waals surface area contributed by atoms with E-state index in [4.69, 9.17) is 10.00 Å². The first-order valence-corrected chi connectivity index (χ1v) is 6.60. The number of esters is 1. The fourth-order valence-electron chi connectivity index (χ4n) is 2.11. The smallest absolute Gasteiger partial charge is 0.319 e. The van der Waals surface area contributed by atoms with Gasteiger partial charge in [-0.25, -0.2) is 0 Å². The number of hydrogen-bond donors (Lipinski definition) is 0. The second-order valence-corrected chi connectivity index (χ2v) is 5.71. The Bertz CT molecular complexity index is 565. The Labute approximate surface area is 118 Å². The largest absolute Gasteiger partial charge is 0.460 e. The minimum atomic E-state index is -1.28. The summed E-state index contributed by atoms with van der Waals surface area (Å²) in [6.45, 7) is 3.19. The standard InChI is InChI=1S/C16H17NO3/c1-15(2,13(18)16(11-17)8-9-16)14(19)20-10-12-6-4-3-5-7-12/h3-7H,8-10H2,1-2H3. The van der Waals surface area contributed by atoms with E-state index in [2.05, 4.69) is 0 Å². The van der Waals surface area contributed by atoms with Crippen molar-refractivity contribution in [1.82, 2.24) is 0 Å². The van der Waals surface area contributed by atoms with Gasteiger partial charge in [0, 0.05) is 0 Å². The van der Waals surface area contributed by atoms with Crippen molar-refractivity contribution in [3.05, 3.63) is 35.9 Å². The molecule has 1 aromatic carbocycles. The minimum absolute atomic E-state index is 0.135. The fourth-order valence-corrected chi connectivity index (χ4v) is 2.11. The molecular formula is C16H17NO3. The third-order valence-corrected chi connectivity index (χ3v) is 3.69. The van der Waals surface area contributed by atoms with Gasteiger partial charge in [0.15, 0.2) is 5.78 Å². The molecule has 1 aliphatic rings. The highest BCUT2D eigenvalue weighted by molar-refractivity contribution is 6.08. The van der Waals surface area contributed by atoms with Gasteiger partial charge in [-0.1, -0.05) is 30.3 Å². The van der Waals surface area contributed by atoms with Crippen molar-refractivity contribution in [1.29, 1.82) is 5.26 Å². The first-order valence-electron chi connectivity index (χ1n) is 6.60. The fraction of sp³-hybridized carbons (Fsp3) is 0.438. The number of carbonyl (C=O) groups excluding carboxylic acids is 2. The second kappa shape index (κ2) is 5.09. The molecule has 0 unspecified atom stereocenters. The number of hydrogen-bond acceptors (Lipinski definition) is 4. The van der Waals surface area contributed by atoms with Crippen LogP contribution in [0.1, 0.15) is 32.3 Å². The number of ether oxygens (including phenoxy) is 1. The Balaban J connectivity index is 2.01. The molecule has 1 aromatic rings. The van der Waals surface area contributed by atoms with E-state index in [-0.39, 0.29) is 12.4 Å². The average Bonchev–Trinajstić information content (AvgIpc) is 3.26. The van der Waals surface area contributed by atoms with Gasteiger partial charge in [0.1, 0.15) is 17.4 Å². The SMILES string of the molecule is CC(C)(C(=O)OCc1ccccc1)C(=O)C1(C#N)CC1. The number of Topliss-reactive ketones (excluding diaryl/α,β-unsaturated/α-hetero) is 1. The summed E-state index contributed by atoms with van der Waals surface area (Å²) in [7, 11) is 0.